The highest BCUT2D eigenvalue weighted by Crippen LogP contribution is 2.11. The number of benzene rings is 1. The lowest BCUT2D eigenvalue weighted by atomic mass is 10.1. The number of carbonyl (C=O) groups is 2. The van der Waals surface area contributed by atoms with E-state index in [1.807, 2.05) is 24.3 Å². The first-order chi connectivity index (χ1) is 10.1. The summed E-state index contributed by atoms with van der Waals surface area (Å²) in [5.41, 5.74) is 6.89. The molecule has 0 bridgehead atoms. The lowest BCUT2D eigenvalue weighted by Gasteiger charge is -2.10. The fraction of sp³-hybridized carbons (Fsp3) is 0.467. The summed E-state index contributed by atoms with van der Waals surface area (Å²) in [6.07, 6.45) is 2.26. The van der Waals surface area contributed by atoms with E-state index in [0.29, 0.717) is 13.0 Å². The molecular formula is C15H20ClN3O2. The second-order valence-electron chi connectivity index (χ2n) is 5.26. The van der Waals surface area contributed by atoms with Crippen LogP contribution in [0.2, 0.25) is 5.02 Å². The Morgan fingerprint density at radius 2 is 1.90 bits per heavy atom. The van der Waals surface area contributed by atoms with Crippen LogP contribution in [0.4, 0.5) is 0 Å². The van der Waals surface area contributed by atoms with Gasteiger partial charge in [-0.2, -0.15) is 0 Å². The lowest BCUT2D eigenvalue weighted by Crippen LogP contribution is -2.44. The van der Waals surface area contributed by atoms with Crippen molar-refractivity contribution in [3.05, 3.63) is 34.9 Å². The number of hydrazine groups is 1. The zero-order valence-electron chi connectivity index (χ0n) is 12.0. The number of rotatable bonds is 6. The molecular weight excluding hydrogens is 290 g/mol. The fourth-order valence-corrected chi connectivity index (χ4v) is 2.40. The van der Waals surface area contributed by atoms with Gasteiger partial charge in [0, 0.05) is 11.6 Å². The summed E-state index contributed by atoms with van der Waals surface area (Å²) in [5, 5.41) is 3.62. The van der Waals surface area contributed by atoms with Gasteiger partial charge in [0.2, 0.25) is 5.91 Å². The van der Waals surface area contributed by atoms with Crippen LogP contribution in [0.5, 0.6) is 0 Å². The Morgan fingerprint density at radius 1 is 1.24 bits per heavy atom. The molecule has 2 unspecified atom stereocenters. The first kappa shape index (κ1) is 15.9. The Kier molecular flexibility index (Phi) is 5.73. The van der Waals surface area contributed by atoms with Gasteiger partial charge in [0.15, 0.2) is 0 Å². The Bertz CT molecular complexity index is 504. The van der Waals surface area contributed by atoms with E-state index in [2.05, 4.69) is 16.2 Å². The van der Waals surface area contributed by atoms with Crippen molar-refractivity contribution < 1.29 is 9.59 Å². The van der Waals surface area contributed by atoms with Gasteiger partial charge in [-0.05, 0) is 43.9 Å². The first-order valence-corrected chi connectivity index (χ1v) is 7.47. The molecule has 21 heavy (non-hydrogen) atoms. The smallest absolute Gasteiger partial charge is 0.238 e. The summed E-state index contributed by atoms with van der Waals surface area (Å²) in [5.74, 6) is -0.0251. The minimum atomic E-state index is -0.338. The van der Waals surface area contributed by atoms with E-state index < -0.39 is 0 Å². The predicted octanol–water partition coefficient (Wildman–Crippen LogP) is 1.21. The molecule has 114 valence electrons. The maximum Gasteiger partial charge on any atom is 0.238 e. The zero-order chi connectivity index (χ0) is 15.2. The highest BCUT2D eigenvalue weighted by Gasteiger charge is 2.31. The maximum atomic E-state index is 11.9. The largest absolute Gasteiger partial charge is 0.355 e. The number of carbonyl (C=O) groups excluding carboxylic acids is 2. The second-order valence-corrected chi connectivity index (χ2v) is 5.70. The summed E-state index contributed by atoms with van der Waals surface area (Å²) < 4.78 is 0. The van der Waals surface area contributed by atoms with Gasteiger partial charge in [0.25, 0.3) is 0 Å². The van der Waals surface area contributed by atoms with Crippen LogP contribution in [0.1, 0.15) is 25.3 Å². The van der Waals surface area contributed by atoms with Gasteiger partial charge in [-0.3, -0.25) is 9.59 Å². The number of Topliss-reactive ketones (excluding diaryl/α,β-unsaturated/α-hetero) is 1. The molecule has 1 aromatic carbocycles. The number of hydrogen-bond acceptors (Lipinski definition) is 4. The van der Waals surface area contributed by atoms with Crippen LogP contribution < -0.4 is 16.2 Å². The number of amides is 1. The first-order valence-electron chi connectivity index (χ1n) is 7.10. The molecule has 1 aliphatic heterocycles. The quantitative estimate of drug-likeness (QED) is 0.691. The van der Waals surface area contributed by atoms with Crippen LogP contribution >= 0.6 is 11.6 Å². The van der Waals surface area contributed by atoms with Crippen molar-refractivity contribution in [1.29, 1.82) is 0 Å². The van der Waals surface area contributed by atoms with Gasteiger partial charge < -0.3 is 5.32 Å². The summed E-state index contributed by atoms with van der Waals surface area (Å²) >= 11 is 5.83. The van der Waals surface area contributed by atoms with Crippen LogP contribution in [-0.4, -0.2) is 30.3 Å². The third-order valence-electron chi connectivity index (χ3n) is 3.57. The van der Waals surface area contributed by atoms with Crippen molar-refractivity contribution in [3.63, 3.8) is 0 Å². The third kappa shape index (κ3) is 4.81. The average Bonchev–Trinajstić information content (AvgIpc) is 2.95. The van der Waals surface area contributed by atoms with Crippen molar-refractivity contribution >= 4 is 23.3 Å². The van der Waals surface area contributed by atoms with E-state index in [1.54, 1.807) is 0 Å². The van der Waals surface area contributed by atoms with E-state index in [1.165, 1.54) is 12.5 Å². The van der Waals surface area contributed by atoms with Crippen LogP contribution in [0.3, 0.4) is 0 Å². The molecule has 1 fully saturated rings. The monoisotopic (exact) mass is 309 g/mol. The third-order valence-corrected chi connectivity index (χ3v) is 3.82. The molecule has 1 saturated heterocycles. The molecule has 2 rings (SSSR count). The van der Waals surface area contributed by atoms with Crippen molar-refractivity contribution in [2.24, 2.45) is 0 Å². The summed E-state index contributed by atoms with van der Waals surface area (Å²) in [4.78, 5) is 23.1. The number of hydrogen-bond donors (Lipinski definition) is 3. The molecule has 6 heteroatoms. The summed E-state index contributed by atoms with van der Waals surface area (Å²) in [6.45, 7) is 2.14. The van der Waals surface area contributed by atoms with Crippen molar-refractivity contribution in [3.8, 4) is 0 Å². The molecule has 0 aromatic heterocycles. The van der Waals surface area contributed by atoms with Crippen LogP contribution in [0.25, 0.3) is 0 Å². The fourth-order valence-electron chi connectivity index (χ4n) is 2.27. The summed E-state index contributed by atoms with van der Waals surface area (Å²) in [7, 11) is 0. The van der Waals surface area contributed by atoms with Gasteiger partial charge in [-0.25, -0.2) is 10.9 Å². The molecule has 0 spiro atoms. The topological polar surface area (TPSA) is 70.2 Å². The minimum Gasteiger partial charge on any atom is -0.355 e. The summed E-state index contributed by atoms with van der Waals surface area (Å²) in [6, 6.07) is 7.11. The molecule has 0 aliphatic carbocycles. The molecule has 1 heterocycles. The highest BCUT2D eigenvalue weighted by atomic mass is 35.5. The van der Waals surface area contributed by atoms with Crippen LogP contribution in [0.15, 0.2) is 24.3 Å². The van der Waals surface area contributed by atoms with E-state index in [4.69, 9.17) is 11.6 Å². The number of nitrogens with one attached hydrogen (secondary N) is 3. The number of ketones is 1. The maximum absolute atomic E-state index is 11.9. The van der Waals surface area contributed by atoms with Crippen molar-refractivity contribution in [1.82, 2.24) is 16.2 Å². The Morgan fingerprint density at radius 3 is 2.52 bits per heavy atom. The van der Waals surface area contributed by atoms with Gasteiger partial charge >= 0.3 is 0 Å². The molecule has 0 saturated carbocycles. The van der Waals surface area contributed by atoms with Gasteiger partial charge in [-0.15, -0.1) is 0 Å². The van der Waals surface area contributed by atoms with Crippen LogP contribution in [-0.2, 0) is 16.0 Å². The van der Waals surface area contributed by atoms with Crippen LogP contribution in [0, 0.1) is 0 Å². The normalized spacial score (nSPS) is 21.2. The van der Waals surface area contributed by atoms with Crippen molar-refractivity contribution in [2.75, 3.05) is 6.54 Å². The SMILES string of the molecule is CC(=O)C1CC(C(=O)NCCCc2ccc(Cl)cc2)NN1. The van der Waals surface area contributed by atoms with Gasteiger partial charge in [0.1, 0.15) is 11.8 Å². The Labute approximate surface area is 129 Å². The number of aryl methyl sites for hydroxylation is 1. The van der Waals surface area contributed by atoms with Crippen molar-refractivity contribution in [2.45, 2.75) is 38.3 Å². The van der Waals surface area contributed by atoms with E-state index in [9.17, 15) is 9.59 Å². The molecule has 3 N–H and O–H groups in total. The molecule has 2 atom stereocenters. The molecule has 1 amide bonds. The van der Waals surface area contributed by atoms with E-state index >= 15 is 0 Å². The molecule has 1 aliphatic rings. The Balaban J connectivity index is 1.66. The average molecular weight is 310 g/mol. The number of halogens is 1. The predicted molar refractivity (Wildman–Crippen MR) is 81.9 cm³/mol. The molecule has 1 aromatic rings. The second kappa shape index (κ2) is 7.54. The highest BCUT2D eigenvalue weighted by molar-refractivity contribution is 6.30. The van der Waals surface area contributed by atoms with E-state index in [-0.39, 0.29) is 23.8 Å². The Hall–Kier alpha value is -1.43. The lowest BCUT2D eigenvalue weighted by molar-refractivity contribution is -0.122. The molecule has 0 radical (unpaired) electrons. The minimum absolute atomic E-state index is 0.0422. The van der Waals surface area contributed by atoms with Gasteiger partial charge in [-0.1, -0.05) is 23.7 Å². The van der Waals surface area contributed by atoms with Gasteiger partial charge in [0.05, 0.1) is 6.04 Å². The zero-order valence-corrected chi connectivity index (χ0v) is 12.7. The van der Waals surface area contributed by atoms with E-state index in [0.717, 1.165) is 17.9 Å². The standard InChI is InChI=1S/C15H20ClN3O2/c1-10(20)13-9-14(19-18-13)15(21)17-8-2-3-11-4-6-12(16)7-5-11/h4-7,13-14,18-19H,2-3,8-9H2,1H3,(H,17,21). The molecule has 5 nitrogen and oxygen atoms in total.